The third-order valence-electron chi connectivity index (χ3n) is 1.95. The summed E-state index contributed by atoms with van der Waals surface area (Å²) in [7, 11) is 0. The first kappa shape index (κ1) is 8.55. The number of pyridine rings is 1. The number of anilines is 1. The van der Waals surface area contributed by atoms with E-state index in [4.69, 9.17) is 5.73 Å². The number of imidazole rings is 1. The molecule has 0 atom stereocenters. The molecule has 5 nitrogen and oxygen atoms in total. The Bertz CT molecular complexity index is 489. The van der Waals surface area contributed by atoms with Crippen LogP contribution >= 0.6 is 0 Å². The third-order valence-corrected chi connectivity index (χ3v) is 1.95. The van der Waals surface area contributed by atoms with Crippen LogP contribution in [0.25, 0.3) is 5.65 Å². The summed E-state index contributed by atoms with van der Waals surface area (Å²) >= 11 is 0. The second kappa shape index (κ2) is 3.02. The normalized spacial score (nSPS) is 10.4. The summed E-state index contributed by atoms with van der Waals surface area (Å²) in [5.74, 6) is 0.619. The van der Waals surface area contributed by atoms with Crippen LogP contribution in [-0.2, 0) is 0 Å². The summed E-state index contributed by atoms with van der Waals surface area (Å²) in [6.07, 6.45) is 1.82. The Labute approximate surface area is 80.6 Å². The van der Waals surface area contributed by atoms with E-state index in [0.717, 1.165) is 11.3 Å². The van der Waals surface area contributed by atoms with Crippen molar-refractivity contribution in [2.75, 3.05) is 5.32 Å². The molecule has 2 heterocycles. The van der Waals surface area contributed by atoms with Gasteiger partial charge in [0.15, 0.2) is 0 Å². The highest BCUT2D eigenvalue weighted by molar-refractivity contribution is 5.88. The van der Waals surface area contributed by atoms with Crippen molar-refractivity contribution in [1.29, 1.82) is 0 Å². The largest absolute Gasteiger partial charge is 0.351 e. The van der Waals surface area contributed by atoms with Crippen molar-refractivity contribution in [3.05, 3.63) is 30.1 Å². The highest BCUT2D eigenvalue weighted by Gasteiger charge is 2.08. The van der Waals surface area contributed by atoms with Gasteiger partial charge in [0.2, 0.25) is 0 Å². The van der Waals surface area contributed by atoms with Gasteiger partial charge in [-0.15, -0.1) is 0 Å². The van der Waals surface area contributed by atoms with E-state index in [1.165, 1.54) is 0 Å². The van der Waals surface area contributed by atoms with Crippen LogP contribution in [0.15, 0.2) is 24.4 Å². The number of fused-ring (bicyclic) bond motifs is 1. The molecule has 0 aliphatic carbocycles. The smallest absolute Gasteiger partial charge is 0.317 e. The van der Waals surface area contributed by atoms with Gasteiger partial charge in [0.1, 0.15) is 11.5 Å². The van der Waals surface area contributed by atoms with E-state index in [9.17, 15) is 4.79 Å². The highest BCUT2D eigenvalue weighted by atomic mass is 16.2. The van der Waals surface area contributed by atoms with E-state index in [1.54, 1.807) is 4.40 Å². The monoisotopic (exact) mass is 190 g/mol. The number of amides is 2. The molecule has 5 heteroatoms. The zero-order valence-corrected chi connectivity index (χ0v) is 7.69. The zero-order valence-electron chi connectivity index (χ0n) is 7.69. The second-order valence-corrected chi connectivity index (χ2v) is 2.96. The van der Waals surface area contributed by atoms with Gasteiger partial charge in [0, 0.05) is 6.20 Å². The molecule has 0 aliphatic rings. The van der Waals surface area contributed by atoms with Crippen LogP contribution in [0.3, 0.4) is 0 Å². The molecule has 0 saturated carbocycles. The lowest BCUT2D eigenvalue weighted by atomic mass is 10.4. The Morgan fingerprint density at radius 2 is 2.36 bits per heavy atom. The summed E-state index contributed by atoms with van der Waals surface area (Å²) in [5.41, 5.74) is 6.58. The molecule has 0 aromatic carbocycles. The van der Waals surface area contributed by atoms with Crippen molar-refractivity contribution in [3.63, 3.8) is 0 Å². The van der Waals surface area contributed by atoms with Gasteiger partial charge in [-0.05, 0) is 19.1 Å². The maximum absolute atomic E-state index is 10.7. The summed E-state index contributed by atoms with van der Waals surface area (Å²) < 4.78 is 1.78. The Hall–Kier alpha value is -2.04. The second-order valence-electron chi connectivity index (χ2n) is 2.96. The zero-order chi connectivity index (χ0) is 10.1. The van der Waals surface area contributed by atoms with Crippen LogP contribution < -0.4 is 11.1 Å². The maximum Gasteiger partial charge on any atom is 0.317 e. The fourth-order valence-corrected chi connectivity index (χ4v) is 1.38. The van der Waals surface area contributed by atoms with E-state index in [2.05, 4.69) is 10.3 Å². The summed E-state index contributed by atoms with van der Waals surface area (Å²) in [6.45, 7) is 1.82. The van der Waals surface area contributed by atoms with Gasteiger partial charge in [0.25, 0.3) is 0 Å². The fraction of sp³-hybridized carbons (Fsp3) is 0.111. The molecule has 0 unspecified atom stereocenters. The quantitative estimate of drug-likeness (QED) is 0.707. The first-order valence-electron chi connectivity index (χ1n) is 4.18. The van der Waals surface area contributed by atoms with E-state index in [-0.39, 0.29) is 0 Å². The van der Waals surface area contributed by atoms with Crippen LogP contribution in [0.2, 0.25) is 0 Å². The van der Waals surface area contributed by atoms with Gasteiger partial charge in [-0.3, -0.25) is 9.72 Å². The highest BCUT2D eigenvalue weighted by Crippen LogP contribution is 2.16. The summed E-state index contributed by atoms with van der Waals surface area (Å²) in [4.78, 5) is 15.0. The molecule has 0 saturated heterocycles. The minimum absolute atomic E-state index is 0.584. The van der Waals surface area contributed by atoms with Gasteiger partial charge < -0.3 is 5.73 Å². The SMILES string of the molecule is Cc1nc2ccccn2c1NC(N)=O. The molecule has 2 amide bonds. The van der Waals surface area contributed by atoms with Crippen LogP contribution in [0.5, 0.6) is 0 Å². The first-order valence-corrected chi connectivity index (χ1v) is 4.18. The predicted molar refractivity (Wildman–Crippen MR) is 53.1 cm³/mol. The van der Waals surface area contributed by atoms with E-state index >= 15 is 0 Å². The van der Waals surface area contributed by atoms with Crippen LogP contribution in [0.1, 0.15) is 5.69 Å². The number of aryl methyl sites for hydroxylation is 1. The summed E-state index contributed by atoms with van der Waals surface area (Å²) in [5, 5.41) is 2.54. The fourth-order valence-electron chi connectivity index (χ4n) is 1.38. The molecular weight excluding hydrogens is 180 g/mol. The Morgan fingerprint density at radius 1 is 1.57 bits per heavy atom. The number of hydrogen-bond donors (Lipinski definition) is 2. The lowest BCUT2D eigenvalue weighted by molar-refractivity contribution is 0.259. The molecule has 0 radical (unpaired) electrons. The van der Waals surface area contributed by atoms with Crippen LogP contribution in [-0.4, -0.2) is 15.4 Å². The van der Waals surface area contributed by atoms with Crippen molar-refractivity contribution in [3.8, 4) is 0 Å². The lowest BCUT2D eigenvalue weighted by Gasteiger charge is -2.01. The number of hydrogen-bond acceptors (Lipinski definition) is 2. The van der Waals surface area contributed by atoms with Crippen molar-refractivity contribution < 1.29 is 4.79 Å². The maximum atomic E-state index is 10.7. The molecule has 72 valence electrons. The standard InChI is InChI=1S/C9H10N4O/c1-6-8(12-9(10)14)13-5-3-2-4-7(13)11-6/h2-5H,1H3,(H3,10,12,14). The molecule has 14 heavy (non-hydrogen) atoms. The van der Waals surface area contributed by atoms with Gasteiger partial charge >= 0.3 is 6.03 Å². The average Bonchev–Trinajstić information content (AvgIpc) is 2.43. The minimum Gasteiger partial charge on any atom is -0.351 e. The molecule has 0 spiro atoms. The van der Waals surface area contributed by atoms with E-state index in [0.29, 0.717) is 5.82 Å². The number of nitrogens with one attached hydrogen (secondary N) is 1. The minimum atomic E-state index is -0.584. The average molecular weight is 190 g/mol. The Morgan fingerprint density at radius 3 is 3.07 bits per heavy atom. The number of carbonyl (C=O) groups is 1. The topological polar surface area (TPSA) is 72.4 Å². The van der Waals surface area contributed by atoms with Gasteiger partial charge in [0.05, 0.1) is 5.69 Å². The molecule has 3 N–H and O–H groups in total. The number of aromatic nitrogens is 2. The molecule has 0 bridgehead atoms. The molecule has 2 aromatic heterocycles. The van der Waals surface area contributed by atoms with E-state index < -0.39 is 6.03 Å². The van der Waals surface area contributed by atoms with Crippen LogP contribution in [0, 0.1) is 6.92 Å². The van der Waals surface area contributed by atoms with Crippen molar-refractivity contribution in [1.82, 2.24) is 9.38 Å². The Balaban J connectivity index is 2.62. The number of nitrogens with zero attached hydrogens (tertiary/aromatic N) is 2. The van der Waals surface area contributed by atoms with Crippen LogP contribution in [0.4, 0.5) is 10.6 Å². The molecule has 2 rings (SSSR count). The molecule has 0 fully saturated rings. The molecular formula is C9H10N4O. The molecule has 0 aliphatic heterocycles. The van der Waals surface area contributed by atoms with Crippen molar-refractivity contribution >= 4 is 17.5 Å². The number of urea groups is 1. The number of carbonyl (C=O) groups excluding carboxylic acids is 1. The number of nitrogens with two attached hydrogens (primary N) is 1. The summed E-state index contributed by atoms with van der Waals surface area (Å²) in [6, 6.07) is 5.02. The van der Waals surface area contributed by atoms with E-state index in [1.807, 2.05) is 31.3 Å². The van der Waals surface area contributed by atoms with Crippen molar-refractivity contribution in [2.45, 2.75) is 6.92 Å². The lowest BCUT2D eigenvalue weighted by Crippen LogP contribution is -2.20. The van der Waals surface area contributed by atoms with Gasteiger partial charge in [-0.1, -0.05) is 6.07 Å². The van der Waals surface area contributed by atoms with Gasteiger partial charge in [-0.2, -0.15) is 0 Å². The third kappa shape index (κ3) is 1.28. The van der Waals surface area contributed by atoms with Crippen molar-refractivity contribution in [2.24, 2.45) is 5.73 Å². The van der Waals surface area contributed by atoms with Gasteiger partial charge in [-0.25, -0.2) is 9.78 Å². The predicted octanol–water partition coefficient (Wildman–Crippen LogP) is 1.13. The molecule has 2 aromatic rings. The first-order chi connectivity index (χ1) is 6.68. The number of primary amides is 1. The Kier molecular flexibility index (Phi) is 1.85. The number of rotatable bonds is 1.